The van der Waals surface area contributed by atoms with Crippen molar-refractivity contribution < 1.29 is 4.42 Å². The summed E-state index contributed by atoms with van der Waals surface area (Å²) in [5.74, 6) is 0. The summed E-state index contributed by atoms with van der Waals surface area (Å²) in [6, 6.07) is 19.0. The zero-order valence-corrected chi connectivity index (χ0v) is 13.6. The van der Waals surface area contributed by atoms with Gasteiger partial charge in [0, 0.05) is 11.6 Å². The topological polar surface area (TPSA) is 26.0 Å². The van der Waals surface area contributed by atoms with E-state index in [1.54, 1.807) is 6.26 Å². The average Bonchev–Trinajstić information content (AvgIpc) is 3.00. The van der Waals surface area contributed by atoms with Gasteiger partial charge in [-0.15, -0.1) is 0 Å². The molecular formula is C21H19NO. The van der Waals surface area contributed by atoms with Crippen molar-refractivity contribution in [2.75, 3.05) is 0 Å². The summed E-state index contributed by atoms with van der Waals surface area (Å²) in [5, 5.41) is 2.57. The van der Waals surface area contributed by atoms with Crippen molar-refractivity contribution in [1.82, 2.24) is 4.98 Å². The van der Waals surface area contributed by atoms with Crippen LogP contribution in [0.4, 0.5) is 0 Å². The van der Waals surface area contributed by atoms with Crippen molar-refractivity contribution in [2.45, 2.75) is 26.2 Å². The standard InChI is InChI=1S/C21H19NO/c1-21(2,3)17-13-15(12-14-6-4-5-7-16(14)17)18-8-9-20-19(22-18)10-11-23-20/h4-13H,1-3H3. The molecule has 0 aliphatic heterocycles. The number of rotatable bonds is 1. The van der Waals surface area contributed by atoms with E-state index in [2.05, 4.69) is 57.2 Å². The molecule has 2 heteroatoms. The molecule has 0 unspecified atom stereocenters. The molecular weight excluding hydrogens is 282 g/mol. The molecule has 0 atom stereocenters. The van der Waals surface area contributed by atoms with Crippen molar-refractivity contribution >= 4 is 21.9 Å². The first-order chi connectivity index (χ1) is 11.0. The molecule has 0 fully saturated rings. The molecule has 0 spiro atoms. The van der Waals surface area contributed by atoms with Gasteiger partial charge >= 0.3 is 0 Å². The Balaban J connectivity index is 1.99. The molecule has 0 amide bonds. The Morgan fingerprint density at radius 2 is 1.74 bits per heavy atom. The highest BCUT2D eigenvalue weighted by Crippen LogP contribution is 2.34. The van der Waals surface area contributed by atoms with Crippen LogP contribution in [0.5, 0.6) is 0 Å². The fourth-order valence-corrected chi connectivity index (χ4v) is 3.09. The maximum atomic E-state index is 5.39. The molecule has 0 saturated heterocycles. The van der Waals surface area contributed by atoms with Crippen LogP contribution in [0.25, 0.3) is 33.1 Å². The third-order valence-electron chi connectivity index (χ3n) is 4.27. The van der Waals surface area contributed by atoms with Crippen LogP contribution in [-0.2, 0) is 5.41 Å². The summed E-state index contributed by atoms with van der Waals surface area (Å²) in [5.41, 5.74) is 5.28. The van der Waals surface area contributed by atoms with E-state index >= 15 is 0 Å². The lowest BCUT2D eigenvalue weighted by Crippen LogP contribution is -2.12. The van der Waals surface area contributed by atoms with Gasteiger partial charge in [-0.25, -0.2) is 4.98 Å². The first-order valence-corrected chi connectivity index (χ1v) is 7.90. The molecule has 0 radical (unpaired) electrons. The van der Waals surface area contributed by atoms with Crippen LogP contribution in [0.15, 0.2) is 65.3 Å². The average molecular weight is 301 g/mol. The second-order valence-corrected chi connectivity index (χ2v) is 7.00. The molecule has 0 saturated carbocycles. The predicted octanol–water partition coefficient (Wildman–Crippen LogP) is 5.95. The second-order valence-electron chi connectivity index (χ2n) is 7.00. The van der Waals surface area contributed by atoms with Crippen LogP contribution in [0.2, 0.25) is 0 Å². The normalized spacial score (nSPS) is 12.1. The smallest absolute Gasteiger partial charge is 0.152 e. The van der Waals surface area contributed by atoms with E-state index in [0.29, 0.717) is 0 Å². The summed E-state index contributed by atoms with van der Waals surface area (Å²) in [4.78, 5) is 4.74. The van der Waals surface area contributed by atoms with E-state index in [1.807, 2.05) is 18.2 Å². The van der Waals surface area contributed by atoms with E-state index < -0.39 is 0 Å². The molecule has 2 aromatic heterocycles. The molecule has 2 aromatic carbocycles. The molecule has 0 aliphatic rings. The minimum atomic E-state index is 0.0787. The van der Waals surface area contributed by atoms with E-state index in [0.717, 1.165) is 22.4 Å². The van der Waals surface area contributed by atoms with Gasteiger partial charge in [0.1, 0.15) is 5.52 Å². The minimum absolute atomic E-state index is 0.0787. The molecule has 0 N–H and O–H groups in total. The highest BCUT2D eigenvalue weighted by atomic mass is 16.3. The van der Waals surface area contributed by atoms with Crippen molar-refractivity contribution in [1.29, 1.82) is 0 Å². The summed E-state index contributed by atoms with van der Waals surface area (Å²) in [7, 11) is 0. The highest BCUT2D eigenvalue weighted by molar-refractivity contribution is 5.91. The van der Waals surface area contributed by atoms with Gasteiger partial charge in [0.15, 0.2) is 5.58 Å². The quantitative estimate of drug-likeness (QED) is 0.434. The number of pyridine rings is 1. The molecule has 4 rings (SSSR count). The van der Waals surface area contributed by atoms with Gasteiger partial charge in [0.25, 0.3) is 0 Å². The molecule has 0 bridgehead atoms. The zero-order valence-electron chi connectivity index (χ0n) is 13.6. The molecule has 4 aromatic rings. The van der Waals surface area contributed by atoms with Crippen LogP contribution in [0.3, 0.4) is 0 Å². The third kappa shape index (κ3) is 2.40. The Morgan fingerprint density at radius 3 is 2.57 bits per heavy atom. The summed E-state index contributed by atoms with van der Waals surface area (Å²) in [6.07, 6.45) is 1.68. The van der Waals surface area contributed by atoms with Crippen molar-refractivity contribution in [3.8, 4) is 11.3 Å². The van der Waals surface area contributed by atoms with Gasteiger partial charge in [-0.2, -0.15) is 0 Å². The van der Waals surface area contributed by atoms with Gasteiger partial charge < -0.3 is 4.42 Å². The van der Waals surface area contributed by atoms with Crippen molar-refractivity contribution in [3.05, 3.63) is 66.4 Å². The van der Waals surface area contributed by atoms with Crippen molar-refractivity contribution in [2.24, 2.45) is 0 Å². The Bertz CT molecular complexity index is 1010. The number of nitrogens with zero attached hydrogens (tertiary/aromatic N) is 1. The van der Waals surface area contributed by atoms with Gasteiger partial charge in [-0.3, -0.25) is 0 Å². The number of hydrogen-bond acceptors (Lipinski definition) is 2. The zero-order chi connectivity index (χ0) is 16.0. The molecule has 2 heterocycles. The Kier molecular flexibility index (Phi) is 3.02. The predicted molar refractivity (Wildman–Crippen MR) is 95.7 cm³/mol. The van der Waals surface area contributed by atoms with Gasteiger partial charge in [0.2, 0.25) is 0 Å². The fraction of sp³-hybridized carbons (Fsp3) is 0.190. The summed E-state index contributed by atoms with van der Waals surface area (Å²) >= 11 is 0. The van der Waals surface area contributed by atoms with Gasteiger partial charge in [0.05, 0.1) is 12.0 Å². The molecule has 0 aliphatic carbocycles. The third-order valence-corrected chi connectivity index (χ3v) is 4.27. The molecule has 23 heavy (non-hydrogen) atoms. The van der Waals surface area contributed by atoms with E-state index in [-0.39, 0.29) is 5.41 Å². The molecule has 114 valence electrons. The Labute approximate surface area is 135 Å². The lowest BCUT2D eigenvalue weighted by Gasteiger charge is -2.22. The number of benzene rings is 2. The SMILES string of the molecule is CC(C)(C)c1cc(-c2ccc3occc3n2)cc2ccccc12. The fourth-order valence-electron chi connectivity index (χ4n) is 3.09. The van der Waals surface area contributed by atoms with Crippen LogP contribution in [0.1, 0.15) is 26.3 Å². The van der Waals surface area contributed by atoms with Crippen LogP contribution >= 0.6 is 0 Å². The minimum Gasteiger partial charge on any atom is -0.463 e. The number of fused-ring (bicyclic) bond motifs is 2. The summed E-state index contributed by atoms with van der Waals surface area (Å²) < 4.78 is 5.39. The lowest BCUT2D eigenvalue weighted by molar-refractivity contribution is 0.596. The maximum Gasteiger partial charge on any atom is 0.152 e. The van der Waals surface area contributed by atoms with Crippen molar-refractivity contribution in [3.63, 3.8) is 0 Å². The number of hydrogen-bond donors (Lipinski definition) is 0. The van der Waals surface area contributed by atoms with Gasteiger partial charge in [-0.1, -0.05) is 45.0 Å². The maximum absolute atomic E-state index is 5.39. The Morgan fingerprint density at radius 1 is 0.913 bits per heavy atom. The Hall–Kier alpha value is -2.61. The second kappa shape index (κ2) is 4.95. The summed E-state index contributed by atoms with van der Waals surface area (Å²) in [6.45, 7) is 6.77. The number of aromatic nitrogens is 1. The van der Waals surface area contributed by atoms with Crippen LogP contribution in [-0.4, -0.2) is 4.98 Å². The van der Waals surface area contributed by atoms with E-state index in [1.165, 1.54) is 16.3 Å². The molecule has 2 nitrogen and oxygen atoms in total. The first-order valence-electron chi connectivity index (χ1n) is 7.90. The van der Waals surface area contributed by atoms with Gasteiger partial charge in [-0.05, 0) is 46.0 Å². The largest absolute Gasteiger partial charge is 0.463 e. The highest BCUT2D eigenvalue weighted by Gasteiger charge is 2.18. The van der Waals surface area contributed by atoms with E-state index in [9.17, 15) is 0 Å². The monoisotopic (exact) mass is 301 g/mol. The van der Waals surface area contributed by atoms with Crippen LogP contribution in [0, 0.1) is 0 Å². The van der Waals surface area contributed by atoms with Crippen LogP contribution < -0.4 is 0 Å². The lowest BCUT2D eigenvalue weighted by atomic mass is 9.82. The first kappa shape index (κ1) is 14.0. The van der Waals surface area contributed by atoms with E-state index in [4.69, 9.17) is 9.40 Å². The number of furan rings is 1.